The van der Waals surface area contributed by atoms with E-state index in [1.54, 1.807) is 7.11 Å². The predicted octanol–water partition coefficient (Wildman–Crippen LogP) is 2.07. The highest BCUT2D eigenvalue weighted by Gasteiger charge is 2.38. The van der Waals surface area contributed by atoms with Gasteiger partial charge in [-0.15, -0.1) is 0 Å². The molecule has 1 heterocycles. The smallest absolute Gasteiger partial charge is 0.119 e. The minimum absolute atomic E-state index is 0.403. The fraction of sp³-hybridized carbons (Fsp3) is 0.571. The van der Waals surface area contributed by atoms with E-state index in [4.69, 9.17) is 9.47 Å². The van der Waals surface area contributed by atoms with Gasteiger partial charge in [0, 0.05) is 0 Å². The van der Waals surface area contributed by atoms with Crippen LogP contribution in [0.15, 0.2) is 24.3 Å². The van der Waals surface area contributed by atoms with E-state index in [0.29, 0.717) is 6.10 Å². The van der Waals surface area contributed by atoms with Crippen molar-refractivity contribution in [2.24, 2.45) is 11.8 Å². The first-order valence-corrected chi connectivity index (χ1v) is 6.36. The molecule has 2 atom stereocenters. The molecule has 3 rings (SSSR count). The molecule has 2 unspecified atom stereocenters. The molecular formula is C14H19NO2. The van der Waals surface area contributed by atoms with Crippen molar-refractivity contribution in [2.45, 2.75) is 18.9 Å². The van der Waals surface area contributed by atoms with E-state index in [2.05, 4.69) is 5.32 Å². The lowest BCUT2D eigenvalue weighted by Crippen LogP contribution is -2.18. The molecule has 0 bridgehead atoms. The van der Waals surface area contributed by atoms with E-state index >= 15 is 0 Å². The maximum absolute atomic E-state index is 6.03. The lowest BCUT2D eigenvalue weighted by atomic mass is 10.0. The molecule has 3 heteroatoms. The van der Waals surface area contributed by atoms with Crippen molar-refractivity contribution in [3.05, 3.63) is 24.3 Å². The number of methoxy groups -OCH3 is 1. The molecule has 0 aromatic heterocycles. The molecule has 1 aliphatic carbocycles. The molecule has 2 fully saturated rings. The Labute approximate surface area is 102 Å². The van der Waals surface area contributed by atoms with E-state index in [0.717, 1.165) is 23.3 Å². The predicted molar refractivity (Wildman–Crippen MR) is 66.5 cm³/mol. The van der Waals surface area contributed by atoms with E-state index in [-0.39, 0.29) is 0 Å². The van der Waals surface area contributed by atoms with Crippen LogP contribution < -0.4 is 14.8 Å². The summed E-state index contributed by atoms with van der Waals surface area (Å²) in [7, 11) is 1.68. The van der Waals surface area contributed by atoms with Gasteiger partial charge in [0.05, 0.1) is 13.2 Å². The topological polar surface area (TPSA) is 30.5 Å². The lowest BCUT2D eigenvalue weighted by molar-refractivity contribution is 0.199. The van der Waals surface area contributed by atoms with Gasteiger partial charge in [-0.2, -0.15) is 0 Å². The Morgan fingerprint density at radius 3 is 2.18 bits per heavy atom. The second kappa shape index (κ2) is 4.57. The molecule has 1 saturated heterocycles. The summed E-state index contributed by atoms with van der Waals surface area (Å²) in [4.78, 5) is 0. The Hall–Kier alpha value is -1.22. The van der Waals surface area contributed by atoms with E-state index < -0.39 is 0 Å². The maximum Gasteiger partial charge on any atom is 0.119 e. The highest BCUT2D eigenvalue weighted by molar-refractivity contribution is 5.31. The van der Waals surface area contributed by atoms with Crippen molar-refractivity contribution in [3.63, 3.8) is 0 Å². The second-order valence-electron chi connectivity index (χ2n) is 5.07. The van der Waals surface area contributed by atoms with Crippen LogP contribution in [0.25, 0.3) is 0 Å². The second-order valence-corrected chi connectivity index (χ2v) is 5.07. The minimum atomic E-state index is 0.403. The molecule has 1 aliphatic heterocycles. The van der Waals surface area contributed by atoms with Crippen molar-refractivity contribution in [1.29, 1.82) is 0 Å². The fourth-order valence-electron chi connectivity index (χ4n) is 3.05. The Balaban J connectivity index is 1.59. The molecule has 1 aromatic carbocycles. The third kappa shape index (κ3) is 2.25. The van der Waals surface area contributed by atoms with Gasteiger partial charge in [0.25, 0.3) is 0 Å². The Morgan fingerprint density at radius 1 is 1.00 bits per heavy atom. The maximum atomic E-state index is 6.03. The van der Waals surface area contributed by atoms with Gasteiger partial charge in [-0.05, 0) is 62.0 Å². The van der Waals surface area contributed by atoms with Gasteiger partial charge in [-0.25, -0.2) is 0 Å². The molecule has 1 aromatic rings. The summed E-state index contributed by atoms with van der Waals surface area (Å²) < 4.78 is 11.2. The number of hydrogen-bond acceptors (Lipinski definition) is 3. The zero-order chi connectivity index (χ0) is 11.7. The summed E-state index contributed by atoms with van der Waals surface area (Å²) in [5.41, 5.74) is 0. The first kappa shape index (κ1) is 10.9. The molecule has 0 radical (unpaired) electrons. The van der Waals surface area contributed by atoms with Gasteiger partial charge in [-0.1, -0.05) is 0 Å². The molecule has 1 saturated carbocycles. The van der Waals surface area contributed by atoms with Gasteiger partial charge < -0.3 is 14.8 Å². The van der Waals surface area contributed by atoms with Gasteiger partial charge in [0.1, 0.15) is 11.5 Å². The Bertz CT molecular complexity index is 364. The van der Waals surface area contributed by atoms with Crippen molar-refractivity contribution in [2.75, 3.05) is 20.2 Å². The lowest BCUT2D eigenvalue weighted by Gasteiger charge is -2.15. The SMILES string of the molecule is COc1ccc(OC2CC3CNCC3C2)cc1. The highest BCUT2D eigenvalue weighted by atomic mass is 16.5. The van der Waals surface area contributed by atoms with Crippen molar-refractivity contribution in [1.82, 2.24) is 5.32 Å². The summed E-state index contributed by atoms with van der Waals surface area (Å²) in [5, 5.41) is 3.45. The van der Waals surface area contributed by atoms with Crippen LogP contribution in [-0.2, 0) is 0 Å². The van der Waals surface area contributed by atoms with Gasteiger partial charge in [0.2, 0.25) is 0 Å². The van der Waals surface area contributed by atoms with Crippen LogP contribution in [0.2, 0.25) is 0 Å². The van der Waals surface area contributed by atoms with Gasteiger partial charge in [-0.3, -0.25) is 0 Å². The molecular weight excluding hydrogens is 214 g/mol. The molecule has 0 spiro atoms. The zero-order valence-electron chi connectivity index (χ0n) is 10.2. The monoisotopic (exact) mass is 233 g/mol. The molecule has 3 nitrogen and oxygen atoms in total. The normalized spacial score (nSPS) is 31.2. The van der Waals surface area contributed by atoms with Gasteiger partial charge in [0.15, 0.2) is 0 Å². The van der Waals surface area contributed by atoms with Crippen molar-refractivity contribution in [3.8, 4) is 11.5 Å². The van der Waals surface area contributed by atoms with E-state index in [1.807, 2.05) is 24.3 Å². The van der Waals surface area contributed by atoms with Crippen LogP contribution in [-0.4, -0.2) is 26.3 Å². The molecule has 17 heavy (non-hydrogen) atoms. The quantitative estimate of drug-likeness (QED) is 0.867. The minimum Gasteiger partial charge on any atom is -0.497 e. The summed E-state index contributed by atoms with van der Waals surface area (Å²) in [6.45, 7) is 2.35. The first-order valence-electron chi connectivity index (χ1n) is 6.36. The largest absolute Gasteiger partial charge is 0.497 e. The van der Waals surface area contributed by atoms with Crippen molar-refractivity contribution < 1.29 is 9.47 Å². The van der Waals surface area contributed by atoms with Crippen LogP contribution in [0.3, 0.4) is 0 Å². The average molecular weight is 233 g/mol. The number of benzene rings is 1. The highest BCUT2D eigenvalue weighted by Crippen LogP contribution is 2.36. The fourth-order valence-corrected chi connectivity index (χ4v) is 3.05. The number of nitrogens with one attached hydrogen (secondary N) is 1. The summed E-state index contributed by atoms with van der Waals surface area (Å²) in [5.74, 6) is 3.50. The Morgan fingerprint density at radius 2 is 1.59 bits per heavy atom. The first-order chi connectivity index (χ1) is 8.35. The Kier molecular flexibility index (Phi) is 2.93. The summed E-state index contributed by atoms with van der Waals surface area (Å²) in [6.07, 6.45) is 2.80. The summed E-state index contributed by atoms with van der Waals surface area (Å²) in [6, 6.07) is 7.88. The van der Waals surface area contributed by atoms with Crippen molar-refractivity contribution >= 4 is 0 Å². The standard InChI is InChI=1S/C14H19NO2/c1-16-12-2-4-13(5-3-12)17-14-6-10-8-15-9-11(10)7-14/h2-5,10-11,14-15H,6-9H2,1H3. The van der Waals surface area contributed by atoms with Crippen LogP contribution in [0.5, 0.6) is 11.5 Å². The number of rotatable bonds is 3. The zero-order valence-corrected chi connectivity index (χ0v) is 10.2. The average Bonchev–Trinajstić information content (AvgIpc) is 2.90. The van der Waals surface area contributed by atoms with Crippen LogP contribution in [0.1, 0.15) is 12.8 Å². The summed E-state index contributed by atoms with van der Waals surface area (Å²) >= 11 is 0. The third-order valence-electron chi connectivity index (χ3n) is 3.97. The third-order valence-corrected chi connectivity index (χ3v) is 3.97. The molecule has 92 valence electrons. The molecule has 2 aliphatic rings. The number of ether oxygens (including phenoxy) is 2. The molecule has 0 amide bonds. The number of hydrogen-bond donors (Lipinski definition) is 1. The van der Waals surface area contributed by atoms with E-state index in [1.165, 1.54) is 25.9 Å². The van der Waals surface area contributed by atoms with Crippen LogP contribution >= 0.6 is 0 Å². The van der Waals surface area contributed by atoms with Gasteiger partial charge >= 0.3 is 0 Å². The molecule has 1 N–H and O–H groups in total. The van der Waals surface area contributed by atoms with Crippen LogP contribution in [0, 0.1) is 11.8 Å². The van der Waals surface area contributed by atoms with Crippen LogP contribution in [0.4, 0.5) is 0 Å². The number of fused-ring (bicyclic) bond motifs is 1. The van der Waals surface area contributed by atoms with E-state index in [9.17, 15) is 0 Å².